The Labute approximate surface area is 309 Å². The van der Waals surface area contributed by atoms with E-state index in [-0.39, 0.29) is 45.9 Å². The smallest absolute Gasteiger partial charge is 0.308 e. The lowest BCUT2D eigenvalue weighted by atomic mass is 9.87. The molecule has 4 aliphatic rings. The van der Waals surface area contributed by atoms with Crippen LogP contribution in [0.3, 0.4) is 0 Å². The minimum atomic E-state index is -4.72. The quantitative estimate of drug-likeness (QED) is 0.132. The van der Waals surface area contributed by atoms with E-state index in [0.717, 1.165) is 42.5 Å². The summed E-state index contributed by atoms with van der Waals surface area (Å²) >= 11 is 0. The van der Waals surface area contributed by atoms with Crippen molar-refractivity contribution < 1.29 is 46.2 Å². The first-order chi connectivity index (χ1) is 25.4. The van der Waals surface area contributed by atoms with E-state index >= 15 is 0 Å². The predicted octanol–water partition coefficient (Wildman–Crippen LogP) is 6.72. The van der Waals surface area contributed by atoms with Crippen molar-refractivity contribution in [2.75, 3.05) is 48.5 Å². The molecule has 6 bridgehead atoms. The van der Waals surface area contributed by atoms with Gasteiger partial charge in [-0.1, -0.05) is 12.1 Å². The molecule has 8 rings (SSSR count). The van der Waals surface area contributed by atoms with Gasteiger partial charge in [-0.2, -0.15) is 8.42 Å². The number of carbonyl (C=O) groups is 1. The molecule has 0 fully saturated rings. The second-order valence-electron chi connectivity index (χ2n) is 13.8. The Balaban J connectivity index is 1.51. The number of esters is 1. The minimum absolute atomic E-state index is 0.0839. The number of benzene rings is 4. The molecule has 2 atom stereocenters. The topological polar surface area (TPSA) is 133 Å². The van der Waals surface area contributed by atoms with E-state index in [4.69, 9.17) is 28.4 Å². The van der Waals surface area contributed by atoms with Crippen LogP contribution in [0.4, 0.5) is 0 Å². The molecule has 13 heteroatoms. The molecule has 0 amide bonds. The van der Waals surface area contributed by atoms with Crippen LogP contribution in [-0.4, -0.2) is 77.3 Å². The third-order valence-corrected chi connectivity index (χ3v) is 11.5. The fourth-order valence-electron chi connectivity index (χ4n) is 7.82. The lowest BCUT2D eigenvalue weighted by Gasteiger charge is -2.37. The molecule has 0 unspecified atom stereocenters. The first-order valence-electron chi connectivity index (χ1n) is 17.5. The van der Waals surface area contributed by atoms with Gasteiger partial charge in [0, 0.05) is 43.7 Å². The van der Waals surface area contributed by atoms with Crippen molar-refractivity contribution in [2.45, 2.75) is 56.0 Å². The second-order valence-corrected chi connectivity index (χ2v) is 15.2. The number of methoxy groups -OCH3 is 3. The van der Waals surface area contributed by atoms with Crippen LogP contribution in [0.1, 0.15) is 58.8 Å². The maximum absolute atomic E-state index is 12.9. The van der Waals surface area contributed by atoms with Crippen molar-refractivity contribution in [3.8, 4) is 46.0 Å². The van der Waals surface area contributed by atoms with Gasteiger partial charge in [0.05, 0.1) is 21.3 Å². The first-order valence-corrected chi connectivity index (χ1v) is 19.0. The Morgan fingerprint density at radius 3 is 2.06 bits per heavy atom. The summed E-state index contributed by atoms with van der Waals surface area (Å²) in [7, 11) is 3.85. The molecule has 0 saturated heterocycles. The van der Waals surface area contributed by atoms with Crippen LogP contribution in [0.5, 0.6) is 46.0 Å². The Kier molecular flexibility index (Phi) is 10.0. The van der Waals surface area contributed by atoms with Crippen molar-refractivity contribution in [3.05, 3.63) is 88.0 Å². The van der Waals surface area contributed by atoms with E-state index in [2.05, 4.69) is 16.8 Å². The standard InChI is InChI=1S/C40H44N2O10S/c1-23(43)50-39-36(49-6)19-26-14-16-42(3)31-17-27-20-34(33(48-5)22-37(27)53(44,45)46)51-28-10-7-24(8-11-28)9-12-30-29-21-35(52-40(39)38(26)31)32(47-4)18-25(29)13-15-41(30)2/h7-8,10-11,18-22,30-31H,9,12-17H2,1-6H3,(H,44,45,46)/t30-,31-/m0/s1. The van der Waals surface area contributed by atoms with Gasteiger partial charge in [0.1, 0.15) is 10.6 Å². The van der Waals surface area contributed by atoms with Crippen LogP contribution in [0.2, 0.25) is 0 Å². The average Bonchev–Trinajstić information content (AvgIpc) is 3.12. The van der Waals surface area contributed by atoms with Gasteiger partial charge < -0.3 is 28.4 Å². The molecule has 0 spiro atoms. The molecule has 4 aliphatic heterocycles. The summed E-state index contributed by atoms with van der Waals surface area (Å²) < 4.78 is 72.8. The van der Waals surface area contributed by atoms with Gasteiger partial charge in [0.2, 0.25) is 5.75 Å². The van der Waals surface area contributed by atoms with Crippen molar-refractivity contribution in [1.82, 2.24) is 9.80 Å². The number of rotatable bonds is 5. The fourth-order valence-corrected chi connectivity index (χ4v) is 8.55. The highest BCUT2D eigenvalue weighted by atomic mass is 32.2. The number of hydrogen-bond acceptors (Lipinski definition) is 11. The largest absolute Gasteiger partial charge is 0.493 e. The summed E-state index contributed by atoms with van der Waals surface area (Å²) in [6.07, 6.45) is 3.16. The molecule has 4 aromatic rings. The number of fused-ring (bicyclic) bond motifs is 3. The van der Waals surface area contributed by atoms with Gasteiger partial charge in [-0.15, -0.1) is 0 Å². The number of nitrogens with zero attached hydrogens (tertiary/aromatic N) is 2. The van der Waals surface area contributed by atoms with Crippen molar-refractivity contribution in [2.24, 2.45) is 0 Å². The summed E-state index contributed by atoms with van der Waals surface area (Å²) in [4.78, 5) is 16.8. The van der Waals surface area contributed by atoms with E-state index in [1.165, 1.54) is 32.8 Å². The maximum Gasteiger partial charge on any atom is 0.308 e. The number of likely N-dealkylation sites (N-methyl/N-ethyl adjacent to an activating group) is 2. The average molecular weight is 745 g/mol. The van der Waals surface area contributed by atoms with Gasteiger partial charge >= 0.3 is 5.97 Å². The Hall–Kier alpha value is -4.82. The monoisotopic (exact) mass is 744 g/mol. The molecule has 280 valence electrons. The molecule has 0 aromatic heterocycles. The van der Waals surface area contributed by atoms with Gasteiger partial charge in [-0.3, -0.25) is 19.1 Å². The van der Waals surface area contributed by atoms with E-state index in [1.54, 1.807) is 13.2 Å². The van der Waals surface area contributed by atoms with Crippen LogP contribution in [-0.2, 0) is 40.6 Å². The van der Waals surface area contributed by atoms with Gasteiger partial charge in [-0.25, -0.2) is 0 Å². The molecule has 0 aliphatic carbocycles. The predicted molar refractivity (Wildman–Crippen MR) is 197 cm³/mol. The van der Waals surface area contributed by atoms with Crippen molar-refractivity contribution in [3.63, 3.8) is 0 Å². The number of hydrogen-bond donors (Lipinski definition) is 1. The van der Waals surface area contributed by atoms with Gasteiger partial charge in [0.15, 0.2) is 34.5 Å². The SMILES string of the molecule is COc1cc(S(=O)(=O)O)c2cc1Oc1ccc(cc1)CC[C@H]1c3cc(c(OC)cc3CCN1C)Oc1c(OC(C)=O)c(OC)cc3c1[C@H](C2)N(C)CC3. The summed E-state index contributed by atoms with van der Waals surface area (Å²) in [6, 6.07) is 16.1. The summed E-state index contributed by atoms with van der Waals surface area (Å²) in [5.74, 6) is 2.00. The second kappa shape index (κ2) is 14.5. The lowest BCUT2D eigenvalue weighted by molar-refractivity contribution is -0.132. The highest BCUT2D eigenvalue weighted by Crippen LogP contribution is 2.52. The fraction of sp³-hybridized carbons (Fsp3) is 0.375. The lowest BCUT2D eigenvalue weighted by Crippen LogP contribution is -2.34. The number of aryl methyl sites for hydroxylation is 1. The van der Waals surface area contributed by atoms with Gasteiger partial charge in [0.25, 0.3) is 10.1 Å². The van der Waals surface area contributed by atoms with E-state index in [9.17, 15) is 17.8 Å². The molecule has 53 heavy (non-hydrogen) atoms. The molecule has 4 aromatic carbocycles. The third kappa shape index (κ3) is 7.13. The minimum Gasteiger partial charge on any atom is -0.493 e. The zero-order valence-electron chi connectivity index (χ0n) is 30.7. The van der Waals surface area contributed by atoms with Crippen LogP contribution in [0.15, 0.2) is 59.5 Å². The van der Waals surface area contributed by atoms with E-state index < -0.39 is 22.1 Å². The molecule has 0 radical (unpaired) electrons. The van der Waals surface area contributed by atoms with Crippen molar-refractivity contribution >= 4 is 16.1 Å². The summed E-state index contributed by atoms with van der Waals surface area (Å²) in [5, 5.41) is 0. The van der Waals surface area contributed by atoms with Crippen LogP contribution >= 0.6 is 0 Å². The Morgan fingerprint density at radius 1 is 0.774 bits per heavy atom. The molecule has 1 N–H and O–H groups in total. The molecule has 4 heterocycles. The molecular formula is C40H44N2O10S. The molecular weight excluding hydrogens is 701 g/mol. The Morgan fingerprint density at radius 2 is 1.40 bits per heavy atom. The molecule has 0 saturated carbocycles. The Bertz CT molecular complexity index is 2170. The normalized spacial score (nSPS) is 18.7. The van der Waals surface area contributed by atoms with E-state index in [1.807, 2.05) is 49.5 Å². The molecule has 12 nitrogen and oxygen atoms in total. The number of ether oxygens (including phenoxy) is 6. The highest BCUT2D eigenvalue weighted by Gasteiger charge is 2.36. The number of carbonyl (C=O) groups excluding carboxylic acids is 1. The summed E-state index contributed by atoms with van der Waals surface area (Å²) in [5.41, 5.74) is 5.25. The van der Waals surface area contributed by atoms with Crippen molar-refractivity contribution in [1.29, 1.82) is 0 Å². The van der Waals surface area contributed by atoms with Crippen LogP contribution < -0.4 is 28.4 Å². The highest BCUT2D eigenvalue weighted by molar-refractivity contribution is 7.85. The maximum atomic E-state index is 12.9. The van der Waals surface area contributed by atoms with Crippen LogP contribution in [0, 0.1) is 0 Å². The first kappa shape index (κ1) is 36.5. The summed E-state index contributed by atoms with van der Waals surface area (Å²) in [6.45, 7) is 2.80. The zero-order valence-corrected chi connectivity index (χ0v) is 31.5. The van der Waals surface area contributed by atoms with Gasteiger partial charge in [-0.05, 0) is 110 Å². The van der Waals surface area contributed by atoms with Crippen LogP contribution in [0.25, 0.3) is 0 Å². The zero-order chi connectivity index (χ0) is 37.6. The third-order valence-electron chi connectivity index (χ3n) is 10.5. The van der Waals surface area contributed by atoms with E-state index in [0.29, 0.717) is 41.5 Å².